The largest absolute Gasteiger partial charge is 0.493 e. The second kappa shape index (κ2) is 8.61. The maximum absolute atomic E-state index is 12.3. The van der Waals surface area contributed by atoms with E-state index < -0.39 is 0 Å². The lowest BCUT2D eigenvalue weighted by Crippen LogP contribution is -2.10. The van der Waals surface area contributed by atoms with E-state index >= 15 is 0 Å². The first kappa shape index (κ1) is 20.0. The number of ether oxygens (including phenoxy) is 3. The van der Waals surface area contributed by atoms with Crippen molar-refractivity contribution in [2.75, 3.05) is 13.7 Å². The molecule has 0 aliphatic heterocycles. The molecule has 6 heteroatoms. The Kier molecular flexibility index (Phi) is 5.74. The number of aryl methyl sites for hydroxylation is 2. The standard InChI is InChI=1S/C24H24O6/c1-3-28-20-11-7-15(13-22(20)27-2)8-12-23(25)29-16-9-10-18-17-5-4-6-19(17)24(26)30-21(18)14-16/h7,9-11,13-14H,3-6,8,12H2,1-2H3. The van der Waals surface area contributed by atoms with E-state index in [1.807, 2.05) is 31.2 Å². The highest BCUT2D eigenvalue weighted by molar-refractivity contribution is 5.84. The Bertz CT molecular complexity index is 1140. The van der Waals surface area contributed by atoms with Crippen LogP contribution in [0.3, 0.4) is 0 Å². The summed E-state index contributed by atoms with van der Waals surface area (Å²) < 4.78 is 21.8. The van der Waals surface area contributed by atoms with Gasteiger partial charge in [-0.05, 0) is 68.0 Å². The lowest BCUT2D eigenvalue weighted by Gasteiger charge is -2.11. The minimum absolute atomic E-state index is 0.212. The average Bonchev–Trinajstić information content (AvgIpc) is 3.24. The lowest BCUT2D eigenvalue weighted by molar-refractivity contribution is -0.134. The maximum Gasteiger partial charge on any atom is 0.339 e. The van der Waals surface area contributed by atoms with Gasteiger partial charge in [0.1, 0.15) is 11.3 Å². The summed E-state index contributed by atoms with van der Waals surface area (Å²) in [5, 5.41) is 0.920. The molecule has 3 aromatic rings. The number of hydrogen-bond acceptors (Lipinski definition) is 6. The molecule has 0 unspecified atom stereocenters. The van der Waals surface area contributed by atoms with Crippen molar-refractivity contribution < 1.29 is 23.4 Å². The van der Waals surface area contributed by atoms with Gasteiger partial charge in [-0.15, -0.1) is 0 Å². The minimum atomic E-state index is -0.356. The van der Waals surface area contributed by atoms with E-state index in [0.717, 1.165) is 41.3 Å². The fourth-order valence-corrected chi connectivity index (χ4v) is 3.90. The number of fused-ring (bicyclic) bond motifs is 3. The van der Waals surface area contributed by atoms with Crippen LogP contribution >= 0.6 is 0 Å². The highest BCUT2D eigenvalue weighted by Crippen LogP contribution is 2.30. The molecule has 0 N–H and O–H groups in total. The molecule has 0 amide bonds. The van der Waals surface area contributed by atoms with E-state index in [9.17, 15) is 9.59 Å². The van der Waals surface area contributed by atoms with Crippen LogP contribution in [0.15, 0.2) is 45.6 Å². The smallest absolute Gasteiger partial charge is 0.339 e. The average molecular weight is 408 g/mol. The molecule has 30 heavy (non-hydrogen) atoms. The van der Waals surface area contributed by atoms with E-state index in [0.29, 0.717) is 35.9 Å². The van der Waals surface area contributed by atoms with Gasteiger partial charge >= 0.3 is 11.6 Å². The molecule has 0 atom stereocenters. The predicted molar refractivity (Wildman–Crippen MR) is 113 cm³/mol. The van der Waals surface area contributed by atoms with Crippen LogP contribution in [0.2, 0.25) is 0 Å². The molecule has 0 fully saturated rings. The Morgan fingerprint density at radius 3 is 2.70 bits per heavy atom. The van der Waals surface area contributed by atoms with Crippen LogP contribution in [0.4, 0.5) is 0 Å². The Morgan fingerprint density at radius 2 is 1.90 bits per heavy atom. The molecular weight excluding hydrogens is 384 g/mol. The molecule has 0 spiro atoms. The zero-order chi connectivity index (χ0) is 21.1. The Morgan fingerprint density at radius 1 is 1.07 bits per heavy atom. The molecule has 1 aliphatic carbocycles. The quantitative estimate of drug-likeness (QED) is 0.331. The zero-order valence-electron chi connectivity index (χ0n) is 17.2. The number of benzene rings is 2. The van der Waals surface area contributed by atoms with Crippen molar-refractivity contribution >= 4 is 16.9 Å². The van der Waals surface area contributed by atoms with Gasteiger partial charge in [-0.1, -0.05) is 6.07 Å². The van der Waals surface area contributed by atoms with Gasteiger partial charge in [-0.2, -0.15) is 0 Å². The first-order chi connectivity index (χ1) is 14.6. The number of carbonyl (C=O) groups is 1. The van der Waals surface area contributed by atoms with E-state index in [2.05, 4.69) is 0 Å². The van der Waals surface area contributed by atoms with Gasteiger partial charge in [0.05, 0.1) is 13.7 Å². The third kappa shape index (κ3) is 4.03. The summed E-state index contributed by atoms with van der Waals surface area (Å²) in [6.45, 7) is 2.46. The maximum atomic E-state index is 12.3. The van der Waals surface area contributed by atoms with Gasteiger partial charge in [0.2, 0.25) is 0 Å². The second-order valence-electron chi connectivity index (χ2n) is 7.25. The summed E-state index contributed by atoms with van der Waals surface area (Å²) in [6, 6.07) is 10.8. The van der Waals surface area contributed by atoms with Crippen molar-refractivity contribution in [2.45, 2.75) is 39.0 Å². The monoisotopic (exact) mass is 408 g/mol. The summed E-state index contributed by atoms with van der Waals surface area (Å²) in [5.74, 6) is 1.33. The molecule has 0 saturated carbocycles. The van der Waals surface area contributed by atoms with Crippen molar-refractivity contribution in [2.24, 2.45) is 0 Å². The van der Waals surface area contributed by atoms with Gasteiger partial charge in [-0.3, -0.25) is 4.79 Å². The van der Waals surface area contributed by atoms with Crippen molar-refractivity contribution in [1.29, 1.82) is 0 Å². The van der Waals surface area contributed by atoms with Crippen LogP contribution in [0.1, 0.15) is 36.5 Å². The fourth-order valence-electron chi connectivity index (χ4n) is 3.90. The van der Waals surface area contributed by atoms with Crippen LogP contribution in [-0.4, -0.2) is 19.7 Å². The third-order valence-electron chi connectivity index (χ3n) is 5.32. The summed E-state index contributed by atoms with van der Waals surface area (Å²) in [4.78, 5) is 24.5. The molecule has 1 aliphatic rings. The Labute approximate surface area is 174 Å². The highest BCUT2D eigenvalue weighted by Gasteiger charge is 2.20. The van der Waals surface area contributed by atoms with Crippen molar-refractivity contribution in [3.63, 3.8) is 0 Å². The zero-order valence-corrected chi connectivity index (χ0v) is 17.2. The van der Waals surface area contributed by atoms with Crippen LogP contribution in [0.5, 0.6) is 17.2 Å². The first-order valence-electron chi connectivity index (χ1n) is 10.2. The number of methoxy groups -OCH3 is 1. The number of hydrogen-bond donors (Lipinski definition) is 0. The van der Waals surface area contributed by atoms with E-state index in [4.69, 9.17) is 18.6 Å². The molecule has 2 aromatic carbocycles. The van der Waals surface area contributed by atoms with E-state index in [1.165, 1.54) is 0 Å². The summed E-state index contributed by atoms with van der Waals surface area (Å²) in [5.41, 5.74) is 2.96. The summed E-state index contributed by atoms with van der Waals surface area (Å²) >= 11 is 0. The topological polar surface area (TPSA) is 75.0 Å². The normalized spacial score (nSPS) is 12.6. The van der Waals surface area contributed by atoms with Crippen molar-refractivity contribution in [1.82, 2.24) is 0 Å². The fraction of sp³-hybridized carbons (Fsp3) is 0.333. The SMILES string of the molecule is CCOc1ccc(CCC(=O)Oc2ccc3c4c(c(=O)oc3c2)CCC4)cc1OC. The second-order valence-corrected chi connectivity index (χ2v) is 7.25. The van der Waals surface area contributed by atoms with Gasteiger partial charge in [0, 0.05) is 23.4 Å². The Balaban J connectivity index is 1.44. The van der Waals surface area contributed by atoms with E-state index in [1.54, 1.807) is 19.2 Å². The first-order valence-corrected chi connectivity index (χ1v) is 10.2. The molecule has 1 aromatic heterocycles. The van der Waals surface area contributed by atoms with Gasteiger partial charge in [0.15, 0.2) is 11.5 Å². The van der Waals surface area contributed by atoms with Gasteiger partial charge in [-0.25, -0.2) is 4.79 Å². The van der Waals surface area contributed by atoms with Crippen molar-refractivity contribution in [3.8, 4) is 17.2 Å². The number of carbonyl (C=O) groups excluding carboxylic acids is 1. The Hall–Kier alpha value is -3.28. The summed E-state index contributed by atoms with van der Waals surface area (Å²) in [7, 11) is 1.59. The molecule has 156 valence electrons. The minimum Gasteiger partial charge on any atom is -0.493 e. The van der Waals surface area contributed by atoms with Crippen molar-refractivity contribution in [3.05, 3.63) is 63.5 Å². The number of rotatable bonds is 7. The third-order valence-corrected chi connectivity index (χ3v) is 5.32. The van der Waals surface area contributed by atoms with Gasteiger partial charge < -0.3 is 18.6 Å². The van der Waals surface area contributed by atoms with E-state index in [-0.39, 0.29) is 18.0 Å². The predicted octanol–water partition coefficient (Wildman–Crippen LogP) is 4.23. The molecular formula is C24H24O6. The molecule has 0 radical (unpaired) electrons. The number of esters is 1. The van der Waals surface area contributed by atoms with Crippen LogP contribution in [0, 0.1) is 0 Å². The van der Waals surface area contributed by atoms with Crippen LogP contribution in [0.25, 0.3) is 11.0 Å². The lowest BCUT2D eigenvalue weighted by atomic mass is 10.1. The molecule has 1 heterocycles. The highest BCUT2D eigenvalue weighted by atomic mass is 16.5. The molecule has 6 nitrogen and oxygen atoms in total. The molecule has 0 saturated heterocycles. The summed E-state index contributed by atoms with van der Waals surface area (Å²) in [6.07, 6.45) is 3.33. The van der Waals surface area contributed by atoms with Gasteiger partial charge in [0.25, 0.3) is 0 Å². The molecule has 0 bridgehead atoms. The molecule has 4 rings (SSSR count). The van der Waals surface area contributed by atoms with Crippen LogP contribution in [-0.2, 0) is 24.1 Å². The van der Waals surface area contributed by atoms with Crippen LogP contribution < -0.4 is 19.8 Å².